The van der Waals surface area contributed by atoms with Crippen molar-refractivity contribution >= 4 is 17.3 Å². The molecule has 0 aliphatic heterocycles. The summed E-state index contributed by atoms with van der Waals surface area (Å²) in [6.45, 7) is 6.67. The predicted octanol–water partition coefficient (Wildman–Crippen LogP) is 7.79. The summed E-state index contributed by atoms with van der Waals surface area (Å²) in [5, 5.41) is 3.63. The van der Waals surface area contributed by atoms with Gasteiger partial charge in [-0.25, -0.2) is 4.98 Å². The maximum Gasteiger partial charge on any atom is 0.302 e. The highest BCUT2D eigenvalue weighted by Crippen LogP contribution is 2.68. The van der Waals surface area contributed by atoms with Crippen molar-refractivity contribution in [3.8, 4) is 11.3 Å². The Balaban J connectivity index is 1.24. The molecule has 4 aliphatic rings. The Morgan fingerprint density at radius 3 is 2.68 bits per heavy atom. The fourth-order valence-corrected chi connectivity index (χ4v) is 9.68. The number of aromatic nitrogens is 1. The Morgan fingerprint density at radius 1 is 1.06 bits per heavy atom. The van der Waals surface area contributed by atoms with Crippen molar-refractivity contribution in [2.75, 3.05) is 0 Å². The van der Waals surface area contributed by atoms with Gasteiger partial charge in [0.25, 0.3) is 0 Å². The third-order valence-corrected chi connectivity index (χ3v) is 11.2. The van der Waals surface area contributed by atoms with E-state index < -0.39 is 0 Å². The zero-order valence-corrected chi connectivity index (χ0v) is 21.6. The maximum absolute atomic E-state index is 11.5. The number of allylic oxidation sites excluding steroid dienone is 1. The van der Waals surface area contributed by atoms with Gasteiger partial charge in [0.2, 0.25) is 0 Å². The summed E-state index contributed by atoms with van der Waals surface area (Å²) in [4.78, 5) is 16.7. The van der Waals surface area contributed by atoms with Crippen LogP contribution < -0.4 is 0 Å². The first kappa shape index (κ1) is 22.5. The van der Waals surface area contributed by atoms with E-state index in [-0.39, 0.29) is 12.1 Å². The topological polar surface area (TPSA) is 39.2 Å². The zero-order valence-electron chi connectivity index (χ0n) is 20.8. The number of carbonyl (C=O) groups is 1. The highest BCUT2D eigenvalue weighted by Gasteiger charge is 2.59. The highest BCUT2D eigenvalue weighted by molar-refractivity contribution is 7.10. The second-order valence-electron chi connectivity index (χ2n) is 11.8. The molecule has 1 heterocycles. The van der Waals surface area contributed by atoms with Crippen LogP contribution in [0.1, 0.15) is 83.1 Å². The van der Waals surface area contributed by atoms with Crippen LogP contribution in [0.4, 0.5) is 0 Å². The van der Waals surface area contributed by atoms with Crippen LogP contribution in [-0.4, -0.2) is 17.1 Å². The van der Waals surface area contributed by atoms with Gasteiger partial charge in [-0.3, -0.25) is 4.79 Å². The number of thiazole rings is 1. The normalized spacial score (nSPS) is 38.9. The molecule has 1 aromatic heterocycles. The molecule has 1 aromatic carbocycles. The lowest BCUT2D eigenvalue weighted by atomic mass is 9.47. The quantitative estimate of drug-likeness (QED) is 0.336. The van der Waals surface area contributed by atoms with Crippen LogP contribution in [0.15, 0.2) is 47.4 Å². The van der Waals surface area contributed by atoms with Crippen molar-refractivity contribution in [2.24, 2.45) is 28.6 Å². The lowest BCUT2D eigenvalue weighted by Gasteiger charge is -2.58. The van der Waals surface area contributed by atoms with Crippen LogP contribution in [0.3, 0.4) is 0 Å². The molecule has 0 radical (unpaired) electrons. The number of hydrogen-bond acceptors (Lipinski definition) is 4. The van der Waals surface area contributed by atoms with Gasteiger partial charge in [-0.2, -0.15) is 0 Å². The van der Waals surface area contributed by atoms with Crippen molar-refractivity contribution in [1.29, 1.82) is 0 Å². The molecule has 3 fully saturated rings. The molecule has 0 N–H and O–H groups in total. The van der Waals surface area contributed by atoms with Gasteiger partial charge < -0.3 is 4.74 Å². The predicted molar refractivity (Wildman–Crippen MR) is 138 cm³/mol. The molecule has 7 atom stereocenters. The van der Waals surface area contributed by atoms with E-state index in [0.29, 0.717) is 16.7 Å². The van der Waals surface area contributed by atoms with Gasteiger partial charge in [-0.05, 0) is 73.5 Å². The number of fused-ring (bicyclic) bond motifs is 5. The minimum atomic E-state index is -0.133. The highest BCUT2D eigenvalue weighted by atomic mass is 32.1. The van der Waals surface area contributed by atoms with E-state index in [9.17, 15) is 4.79 Å². The first-order valence-electron chi connectivity index (χ1n) is 13.3. The Hall–Kier alpha value is -1.94. The van der Waals surface area contributed by atoms with E-state index in [0.717, 1.165) is 42.7 Å². The summed E-state index contributed by atoms with van der Waals surface area (Å²) in [6, 6.07) is 10.6. The molecule has 3 saturated carbocycles. The molecule has 4 aliphatic carbocycles. The first-order valence-corrected chi connectivity index (χ1v) is 14.1. The molecular formula is C30H37NO2S. The molecule has 0 bridgehead atoms. The average molecular weight is 476 g/mol. The van der Waals surface area contributed by atoms with E-state index >= 15 is 0 Å². The van der Waals surface area contributed by atoms with E-state index in [1.54, 1.807) is 12.5 Å². The molecule has 6 rings (SSSR count). The monoisotopic (exact) mass is 475 g/mol. The molecule has 180 valence electrons. The van der Waals surface area contributed by atoms with Gasteiger partial charge in [0.1, 0.15) is 6.10 Å². The van der Waals surface area contributed by atoms with Crippen LogP contribution >= 0.6 is 11.3 Å². The third-order valence-electron chi connectivity index (χ3n) is 10.3. The van der Waals surface area contributed by atoms with E-state index in [4.69, 9.17) is 9.72 Å². The largest absolute Gasteiger partial charge is 0.462 e. The smallest absolute Gasteiger partial charge is 0.302 e. The van der Waals surface area contributed by atoms with E-state index in [1.807, 2.05) is 11.3 Å². The van der Waals surface area contributed by atoms with E-state index in [2.05, 4.69) is 55.6 Å². The summed E-state index contributed by atoms with van der Waals surface area (Å²) in [5.74, 6) is 2.82. The molecule has 0 amide bonds. The van der Waals surface area contributed by atoms with E-state index in [1.165, 1.54) is 42.7 Å². The van der Waals surface area contributed by atoms with Gasteiger partial charge in [-0.1, -0.05) is 55.8 Å². The lowest BCUT2D eigenvalue weighted by Crippen LogP contribution is -2.50. The first-order chi connectivity index (χ1) is 16.4. The van der Waals surface area contributed by atoms with Crippen molar-refractivity contribution in [3.05, 3.63) is 52.4 Å². The van der Waals surface area contributed by atoms with Crippen molar-refractivity contribution in [2.45, 2.75) is 84.2 Å². The number of hydrogen-bond donors (Lipinski definition) is 0. The molecule has 34 heavy (non-hydrogen) atoms. The Kier molecular flexibility index (Phi) is 5.51. The number of esters is 1. The number of benzene rings is 1. The van der Waals surface area contributed by atoms with Gasteiger partial charge in [0.15, 0.2) is 0 Å². The lowest BCUT2D eigenvalue weighted by molar-refractivity contribution is -0.148. The van der Waals surface area contributed by atoms with Gasteiger partial charge >= 0.3 is 5.97 Å². The number of rotatable bonds is 3. The van der Waals surface area contributed by atoms with Crippen molar-refractivity contribution in [3.63, 3.8) is 0 Å². The summed E-state index contributed by atoms with van der Waals surface area (Å²) in [5.41, 5.74) is 4.61. The third kappa shape index (κ3) is 3.51. The molecule has 4 heteroatoms. The summed E-state index contributed by atoms with van der Waals surface area (Å²) in [6.07, 6.45) is 12.3. The minimum Gasteiger partial charge on any atom is -0.462 e. The standard InChI is InChI=1S/C30H37NO2S/c1-19(32)33-22-13-15-29(2)21(17-22)9-10-23-24-11-12-26(30(24,3)16-14-25(23)29)28-31-27(18-34-28)20-7-5-4-6-8-20/h4-9,18,22-26H,10-17H2,1-3H3/t22-,23-,24-,25-,26+,29-,30-/m0/s1. The summed E-state index contributed by atoms with van der Waals surface area (Å²) >= 11 is 1.88. The second-order valence-corrected chi connectivity index (χ2v) is 12.7. The Bertz CT molecular complexity index is 1110. The number of ether oxygens (including phenoxy) is 1. The Labute approximate surface area is 208 Å². The van der Waals surface area contributed by atoms with Crippen LogP contribution in [0.5, 0.6) is 0 Å². The van der Waals surface area contributed by atoms with Crippen LogP contribution in [0.25, 0.3) is 11.3 Å². The van der Waals surface area contributed by atoms with Crippen LogP contribution in [0.2, 0.25) is 0 Å². The fourth-order valence-electron chi connectivity index (χ4n) is 8.56. The van der Waals surface area contributed by atoms with Gasteiger partial charge in [0, 0.05) is 30.2 Å². The maximum atomic E-state index is 11.5. The summed E-state index contributed by atoms with van der Waals surface area (Å²) in [7, 11) is 0. The number of nitrogens with zero attached hydrogens (tertiary/aromatic N) is 1. The molecule has 0 unspecified atom stereocenters. The molecule has 0 spiro atoms. The summed E-state index contributed by atoms with van der Waals surface area (Å²) < 4.78 is 5.62. The van der Waals surface area contributed by atoms with Gasteiger partial charge in [-0.15, -0.1) is 11.3 Å². The minimum absolute atomic E-state index is 0.0850. The van der Waals surface area contributed by atoms with Gasteiger partial charge in [0.05, 0.1) is 10.7 Å². The molecule has 0 saturated heterocycles. The van der Waals surface area contributed by atoms with Crippen LogP contribution in [0, 0.1) is 28.6 Å². The molecule has 3 nitrogen and oxygen atoms in total. The number of carbonyl (C=O) groups excluding carboxylic acids is 1. The van der Waals surface area contributed by atoms with Crippen molar-refractivity contribution in [1.82, 2.24) is 4.98 Å². The second kappa shape index (κ2) is 8.33. The fraction of sp³-hybridized carbons (Fsp3) is 0.600. The Morgan fingerprint density at radius 2 is 1.88 bits per heavy atom. The van der Waals surface area contributed by atoms with Crippen LogP contribution in [-0.2, 0) is 9.53 Å². The molecule has 2 aromatic rings. The SMILES string of the molecule is CC(=O)O[C@H]1CC[C@@]2(C)C(=CC[C@H]3[C@@H]4CC[C@H](c5nc(-c6ccccc6)cs5)[C@@]4(C)CC[C@@H]32)C1. The zero-order chi connectivity index (χ0) is 23.5. The molecular weight excluding hydrogens is 438 g/mol. The average Bonchev–Trinajstić information content (AvgIpc) is 3.44. The van der Waals surface area contributed by atoms with Crippen molar-refractivity contribution < 1.29 is 9.53 Å².